The highest BCUT2D eigenvalue weighted by atomic mass is 15.1. The van der Waals surface area contributed by atoms with Crippen LogP contribution in [0.5, 0.6) is 0 Å². The van der Waals surface area contributed by atoms with Crippen molar-refractivity contribution in [3.05, 3.63) is 53.5 Å². The molecule has 94 valence electrons. The van der Waals surface area contributed by atoms with Crippen LogP contribution in [-0.4, -0.2) is 15.2 Å². The molecule has 0 unspecified atom stereocenters. The van der Waals surface area contributed by atoms with Gasteiger partial charge in [0.2, 0.25) is 0 Å². The van der Waals surface area contributed by atoms with E-state index in [0.29, 0.717) is 0 Å². The molecule has 0 fully saturated rings. The number of aromatic amines is 1. The molecule has 3 N–H and O–H groups in total. The number of hydrogen-bond acceptors (Lipinski definition) is 3. The number of anilines is 1. The first kappa shape index (κ1) is 11.5. The minimum absolute atomic E-state index is 0.729. The molecule has 3 rings (SSSR count). The van der Waals surface area contributed by atoms with E-state index in [2.05, 4.69) is 15.2 Å². The summed E-state index contributed by atoms with van der Waals surface area (Å²) in [6.07, 6.45) is 5.72. The highest BCUT2D eigenvalue weighted by Crippen LogP contribution is 2.20. The fraction of sp³-hybridized carbons (Fsp3) is 0.0667. The van der Waals surface area contributed by atoms with Gasteiger partial charge in [0, 0.05) is 17.3 Å². The zero-order valence-corrected chi connectivity index (χ0v) is 10.6. The van der Waals surface area contributed by atoms with Crippen molar-refractivity contribution in [1.82, 2.24) is 15.2 Å². The van der Waals surface area contributed by atoms with Crippen LogP contribution in [0.3, 0.4) is 0 Å². The van der Waals surface area contributed by atoms with E-state index < -0.39 is 0 Å². The van der Waals surface area contributed by atoms with Crippen LogP contribution >= 0.6 is 0 Å². The topological polar surface area (TPSA) is 67.6 Å². The predicted octanol–water partition coefficient (Wildman–Crippen LogP) is 3.02. The van der Waals surface area contributed by atoms with Gasteiger partial charge in [-0.25, -0.2) is 0 Å². The van der Waals surface area contributed by atoms with E-state index in [1.165, 1.54) is 5.56 Å². The second-order valence-corrected chi connectivity index (χ2v) is 4.51. The van der Waals surface area contributed by atoms with Crippen LogP contribution in [-0.2, 0) is 0 Å². The first-order chi connectivity index (χ1) is 9.22. The Balaban J connectivity index is 1.97. The monoisotopic (exact) mass is 250 g/mol. The van der Waals surface area contributed by atoms with Crippen molar-refractivity contribution in [3.63, 3.8) is 0 Å². The Morgan fingerprint density at radius 2 is 2.05 bits per heavy atom. The summed E-state index contributed by atoms with van der Waals surface area (Å²) in [5, 5.41) is 8.31. The number of benzene rings is 1. The highest BCUT2D eigenvalue weighted by molar-refractivity contribution is 5.90. The molecule has 0 bridgehead atoms. The van der Waals surface area contributed by atoms with Gasteiger partial charge in [0.15, 0.2) is 0 Å². The molecule has 0 saturated heterocycles. The molecule has 0 spiro atoms. The number of aromatic nitrogens is 3. The van der Waals surface area contributed by atoms with Crippen molar-refractivity contribution in [2.24, 2.45) is 0 Å². The molecule has 0 radical (unpaired) electrons. The number of nitrogens with zero attached hydrogens (tertiary/aromatic N) is 2. The number of rotatable bonds is 2. The molecule has 2 heterocycles. The Kier molecular flexibility index (Phi) is 2.76. The van der Waals surface area contributed by atoms with Crippen molar-refractivity contribution in [3.8, 4) is 0 Å². The van der Waals surface area contributed by atoms with Gasteiger partial charge in [0.1, 0.15) is 0 Å². The lowest BCUT2D eigenvalue weighted by atomic mass is 10.1. The third-order valence-corrected chi connectivity index (χ3v) is 2.96. The molecule has 0 saturated carbocycles. The van der Waals surface area contributed by atoms with Crippen molar-refractivity contribution < 1.29 is 0 Å². The van der Waals surface area contributed by atoms with Gasteiger partial charge in [0.05, 0.1) is 16.9 Å². The zero-order chi connectivity index (χ0) is 13.2. The maximum Gasteiger partial charge on any atom is 0.0928 e. The number of aryl methyl sites for hydroxylation is 1. The smallest absolute Gasteiger partial charge is 0.0928 e. The van der Waals surface area contributed by atoms with Crippen LogP contribution in [0.25, 0.3) is 23.1 Å². The number of nitrogens with one attached hydrogen (secondary N) is 1. The van der Waals surface area contributed by atoms with Crippen molar-refractivity contribution in [1.29, 1.82) is 0 Å². The van der Waals surface area contributed by atoms with Crippen molar-refractivity contribution >= 4 is 28.7 Å². The summed E-state index contributed by atoms with van der Waals surface area (Å²) in [6, 6.07) is 9.73. The number of fused-ring (bicyclic) bond motifs is 1. The van der Waals surface area contributed by atoms with Crippen LogP contribution in [0.15, 0.2) is 36.5 Å². The molecule has 0 aliphatic rings. The van der Waals surface area contributed by atoms with Crippen LogP contribution in [0, 0.1) is 6.92 Å². The molecule has 19 heavy (non-hydrogen) atoms. The Bertz CT molecular complexity index is 756. The van der Waals surface area contributed by atoms with Gasteiger partial charge < -0.3 is 5.73 Å². The fourth-order valence-electron chi connectivity index (χ4n) is 2.00. The van der Waals surface area contributed by atoms with Crippen molar-refractivity contribution in [2.45, 2.75) is 6.92 Å². The van der Waals surface area contributed by atoms with Gasteiger partial charge >= 0.3 is 0 Å². The maximum absolute atomic E-state index is 5.74. The standard InChI is InChI=1S/C15H14N4/c1-10-6-7-17-12(8-10)3-5-14-13-4-2-11(16)9-15(13)19-18-14/h2-9H,16H2,1H3,(H,18,19)/b5-3+. The number of H-pyrrole nitrogens is 1. The van der Waals surface area contributed by atoms with E-state index in [9.17, 15) is 0 Å². The number of hydrogen-bond donors (Lipinski definition) is 2. The average Bonchev–Trinajstić information content (AvgIpc) is 2.78. The van der Waals surface area contributed by atoms with E-state index >= 15 is 0 Å². The number of nitrogens with two attached hydrogens (primary N) is 1. The summed E-state index contributed by atoms with van der Waals surface area (Å²) in [5.41, 5.74) is 10.4. The molecular formula is C15H14N4. The molecular weight excluding hydrogens is 236 g/mol. The SMILES string of the molecule is Cc1ccnc(/C=C/c2n[nH]c3cc(N)ccc23)c1. The molecule has 1 aromatic carbocycles. The summed E-state index contributed by atoms with van der Waals surface area (Å²) in [6.45, 7) is 2.05. The first-order valence-corrected chi connectivity index (χ1v) is 6.07. The Morgan fingerprint density at radius 3 is 2.89 bits per heavy atom. The normalized spacial score (nSPS) is 11.4. The summed E-state index contributed by atoms with van der Waals surface area (Å²) >= 11 is 0. The Morgan fingerprint density at radius 1 is 1.16 bits per heavy atom. The van der Waals surface area contributed by atoms with Crippen LogP contribution in [0.4, 0.5) is 5.69 Å². The van der Waals surface area contributed by atoms with Crippen molar-refractivity contribution in [2.75, 3.05) is 5.73 Å². The van der Waals surface area contributed by atoms with Gasteiger partial charge in [-0.3, -0.25) is 10.1 Å². The molecule has 3 aromatic rings. The lowest BCUT2D eigenvalue weighted by Gasteiger charge is -1.95. The van der Waals surface area contributed by atoms with E-state index in [4.69, 9.17) is 5.73 Å². The Labute approximate surface area is 111 Å². The second kappa shape index (κ2) is 4.57. The van der Waals surface area contributed by atoms with Gasteiger partial charge in [-0.1, -0.05) is 0 Å². The molecule has 4 heteroatoms. The van der Waals surface area contributed by atoms with Gasteiger partial charge in [-0.15, -0.1) is 0 Å². The first-order valence-electron chi connectivity index (χ1n) is 6.07. The summed E-state index contributed by atoms with van der Waals surface area (Å²) in [5.74, 6) is 0. The molecule has 0 atom stereocenters. The van der Waals surface area contributed by atoms with Crippen LogP contribution < -0.4 is 5.73 Å². The lowest BCUT2D eigenvalue weighted by molar-refractivity contribution is 1.11. The summed E-state index contributed by atoms with van der Waals surface area (Å²) in [7, 11) is 0. The Hall–Kier alpha value is -2.62. The quantitative estimate of drug-likeness (QED) is 0.687. The molecule has 4 nitrogen and oxygen atoms in total. The minimum atomic E-state index is 0.729. The van der Waals surface area contributed by atoms with Gasteiger partial charge in [0.25, 0.3) is 0 Å². The maximum atomic E-state index is 5.74. The summed E-state index contributed by atoms with van der Waals surface area (Å²) < 4.78 is 0. The summed E-state index contributed by atoms with van der Waals surface area (Å²) in [4.78, 5) is 4.29. The molecule has 2 aromatic heterocycles. The van der Waals surface area contributed by atoms with E-state index in [1.807, 2.05) is 49.4 Å². The number of pyridine rings is 1. The third kappa shape index (κ3) is 2.33. The van der Waals surface area contributed by atoms with Gasteiger partial charge in [-0.05, 0) is 55.0 Å². The minimum Gasteiger partial charge on any atom is -0.399 e. The zero-order valence-electron chi connectivity index (χ0n) is 10.6. The van der Waals surface area contributed by atoms with E-state index in [0.717, 1.165) is 28.0 Å². The van der Waals surface area contributed by atoms with Gasteiger partial charge in [-0.2, -0.15) is 5.10 Å². The van der Waals surface area contributed by atoms with Crippen LogP contribution in [0.2, 0.25) is 0 Å². The predicted molar refractivity (Wildman–Crippen MR) is 78.4 cm³/mol. The van der Waals surface area contributed by atoms with E-state index in [-0.39, 0.29) is 0 Å². The largest absolute Gasteiger partial charge is 0.399 e. The number of nitrogen functional groups attached to an aromatic ring is 1. The molecule has 0 aliphatic carbocycles. The second-order valence-electron chi connectivity index (χ2n) is 4.51. The fourth-order valence-corrected chi connectivity index (χ4v) is 2.00. The molecule has 0 aliphatic heterocycles. The average molecular weight is 250 g/mol. The highest BCUT2D eigenvalue weighted by Gasteiger charge is 2.02. The van der Waals surface area contributed by atoms with E-state index in [1.54, 1.807) is 6.20 Å². The molecule has 0 amide bonds. The lowest BCUT2D eigenvalue weighted by Crippen LogP contribution is -1.82. The van der Waals surface area contributed by atoms with Crippen LogP contribution in [0.1, 0.15) is 17.0 Å². The third-order valence-electron chi connectivity index (χ3n) is 2.96.